The van der Waals surface area contributed by atoms with Gasteiger partial charge >= 0.3 is 0 Å². The summed E-state index contributed by atoms with van der Waals surface area (Å²) in [4.78, 5) is 0. The average Bonchev–Trinajstić information content (AvgIpc) is 2.22. The first kappa shape index (κ1) is 13.8. The SMILES string of the molecule is C[C@H](CNCc1cc(F)ccc1Br)[S@@](C)=O. The predicted molar refractivity (Wildman–Crippen MR) is 69.3 cm³/mol. The molecule has 1 N–H and O–H groups in total. The van der Waals surface area contributed by atoms with Gasteiger partial charge in [0.15, 0.2) is 0 Å². The molecule has 0 heterocycles. The molecule has 0 radical (unpaired) electrons. The van der Waals surface area contributed by atoms with Crippen LogP contribution >= 0.6 is 15.9 Å². The van der Waals surface area contributed by atoms with Crippen LogP contribution in [0.5, 0.6) is 0 Å². The molecule has 16 heavy (non-hydrogen) atoms. The Hall–Kier alpha value is -0.260. The summed E-state index contributed by atoms with van der Waals surface area (Å²) in [6, 6.07) is 4.59. The second-order valence-corrected chi connectivity index (χ2v) is 6.33. The molecule has 5 heteroatoms. The fourth-order valence-corrected chi connectivity index (χ4v) is 1.95. The Balaban J connectivity index is 2.48. The Morgan fingerprint density at radius 3 is 2.88 bits per heavy atom. The maximum atomic E-state index is 13.0. The first-order valence-corrected chi connectivity index (χ1v) is 7.39. The number of benzene rings is 1. The zero-order valence-corrected chi connectivity index (χ0v) is 11.7. The van der Waals surface area contributed by atoms with Crippen molar-refractivity contribution >= 4 is 26.7 Å². The van der Waals surface area contributed by atoms with Crippen molar-refractivity contribution in [2.75, 3.05) is 12.8 Å². The highest BCUT2D eigenvalue weighted by Gasteiger charge is 2.06. The Kier molecular flexibility index (Phi) is 5.58. The van der Waals surface area contributed by atoms with Crippen LogP contribution in [-0.4, -0.2) is 22.3 Å². The number of hydrogen-bond acceptors (Lipinski definition) is 2. The van der Waals surface area contributed by atoms with Gasteiger partial charge in [-0.2, -0.15) is 0 Å². The largest absolute Gasteiger partial charge is 0.311 e. The van der Waals surface area contributed by atoms with Gasteiger partial charge in [0.25, 0.3) is 0 Å². The van der Waals surface area contributed by atoms with Crippen LogP contribution < -0.4 is 5.32 Å². The average molecular weight is 308 g/mol. The highest BCUT2D eigenvalue weighted by molar-refractivity contribution is 9.10. The maximum Gasteiger partial charge on any atom is 0.123 e. The van der Waals surface area contributed by atoms with Crippen LogP contribution in [0.1, 0.15) is 12.5 Å². The number of nitrogens with one attached hydrogen (secondary N) is 1. The van der Waals surface area contributed by atoms with Crippen LogP contribution in [-0.2, 0) is 17.3 Å². The Morgan fingerprint density at radius 2 is 2.25 bits per heavy atom. The van der Waals surface area contributed by atoms with E-state index in [0.29, 0.717) is 13.1 Å². The van der Waals surface area contributed by atoms with Gasteiger partial charge in [-0.1, -0.05) is 15.9 Å². The fourth-order valence-electron chi connectivity index (χ4n) is 1.21. The molecule has 0 saturated heterocycles. The molecular weight excluding hydrogens is 293 g/mol. The van der Waals surface area contributed by atoms with E-state index in [9.17, 15) is 8.60 Å². The Labute approximate surface area is 106 Å². The van der Waals surface area contributed by atoms with Crippen molar-refractivity contribution in [3.8, 4) is 0 Å². The van der Waals surface area contributed by atoms with Gasteiger partial charge in [-0.25, -0.2) is 4.39 Å². The third kappa shape index (κ3) is 4.31. The lowest BCUT2D eigenvalue weighted by Crippen LogP contribution is -2.27. The van der Waals surface area contributed by atoms with Gasteiger partial charge in [0.2, 0.25) is 0 Å². The van der Waals surface area contributed by atoms with Crippen LogP contribution in [0.25, 0.3) is 0 Å². The van der Waals surface area contributed by atoms with Crippen molar-refractivity contribution < 1.29 is 8.60 Å². The number of hydrogen-bond donors (Lipinski definition) is 1. The molecule has 0 spiro atoms. The molecule has 2 atom stereocenters. The third-order valence-electron chi connectivity index (χ3n) is 2.32. The van der Waals surface area contributed by atoms with Gasteiger partial charge in [-0.05, 0) is 30.7 Å². The van der Waals surface area contributed by atoms with Gasteiger partial charge < -0.3 is 5.32 Å². The van der Waals surface area contributed by atoms with E-state index in [1.165, 1.54) is 12.1 Å². The minimum atomic E-state index is -0.826. The minimum absolute atomic E-state index is 0.104. The molecule has 0 amide bonds. The third-order valence-corrected chi connectivity index (χ3v) is 4.40. The monoisotopic (exact) mass is 307 g/mol. The van der Waals surface area contributed by atoms with Crippen molar-refractivity contribution in [1.82, 2.24) is 5.32 Å². The standard InChI is InChI=1S/C11H15BrFNOS/c1-8(16(2)15)6-14-7-9-5-10(13)3-4-11(9)12/h3-5,8,14H,6-7H2,1-2H3/t8-,16-/m1/s1. The highest BCUT2D eigenvalue weighted by Crippen LogP contribution is 2.17. The topological polar surface area (TPSA) is 29.1 Å². The van der Waals surface area contributed by atoms with Gasteiger partial charge in [-0.3, -0.25) is 4.21 Å². The van der Waals surface area contributed by atoms with Gasteiger partial charge in [0.1, 0.15) is 5.82 Å². The lowest BCUT2D eigenvalue weighted by Gasteiger charge is -2.10. The van der Waals surface area contributed by atoms with E-state index in [2.05, 4.69) is 21.2 Å². The number of rotatable bonds is 5. The van der Waals surface area contributed by atoms with E-state index in [0.717, 1.165) is 10.0 Å². The van der Waals surface area contributed by atoms with Crippen molar-refractivity contribution in [2.24, 2.45) is 0 Å². The van der Waals surface area contributed by atoms with E-state index in [4.69, 9.17) is 0 Å². The molecule has 0 fully saturated rings. The Bertz CT molecular complexity index is 386. The predicted octanol–water partition coefficient (Wildman–Crippen LogP) is 2.44. The zero-order valence-electron chi connectivity index (χ0n) is 9.30. The van der Waals surface area contributed by atoms with E-state index < -0.39 is 10.8 Å². The molecule has 2 nitrogen and oxygen atoms in total. The molecule has 0 aromatic heterocycles. The molecule has 0 aliphatic carbocycles. The summed E-state index contributed by atoms with van der Waals surface area (Å²) in [7, 11) is -0.826. The molecule has 1 aromatic carbocycles. The van der Waals surface area contributed by atoms with Gasteiger partial charge in [0.05, 0.1) is 0 Å². The molecule has 0 aliphatic heterocycles. The molecule has 0 saturated carbocycles. The maximum absolute atomic E-state index is 13.0. The zero-order chi connectivity index (χ0) is 12.1. The van der Waals surface area contributed by atoms with Crippen LogP contribution in [0.15, 0.2) is 22.7 Å². The molecule has 1 rings (SSSR count). The van der Waals surface area contributed by atoms with Crippen LogP contribution in [0.2, 0.25) is 0 Å². The normalized spacial score (nSPS) is 14.8. The Morgan fingerprint density at radius 1 is 1.56 bits per heavy atom. The van der Waals surface area contributed by atoms with Crippen LogP contribution in [0.3, 0.4) is 0 Å². The minimum Gasteiger partial charge on any atom is -0.311 e. The molecule has 0 unspecified atom stereocenters. The summed E-state index contributed by atoms with van der Waals surface area (Å²) in [5.74, 6) is -0.243. The summed E-state index contributed by atoms with van der Waals surface area (Å²) in [6.07, 6.45) is 1.68. The first-order valence-electron chi connectivity index (χ1n) is 4.97. The molecule has 0 bridgehead atoms. The summed E-state index contributed by atoms with van der Waals surface area (Å²) >= 11 is 3.36. The van der Waals surface area contributed by atoms with E-state index in [-0.39, 0.29) is 11.1 Å². The van der Waals surface area contributed by atoms with Crippen molar-refractivity contribution in [3.63, 3.8) is 0 Å². The summed E-state index contributed by atoms with van der Waals surface area (Å²) < 4.78 is 25.0. The van der Waals surface area contributed by atoms with Crippen LogP contribution in [0.4, 0.5) is 4.39 Å². The first-order chi connectivity index (χ1) is 7.50. The second-order valence-electron chi connectivity index (χ2n) is 3.68. The van der Waals surface area contributed by atoms with E-state index in [1.807, 2.05) is 6.92 Å². The molecular formula is C11H15BrFNOS. The summed E-state index contributed by atoms with van der Waals surface area (Å²) in [6.45, 7) is 3.15. The lowest BCUT2D eigenvalue weighted by atomic mass is 10.2. The highest BCUT2D eigenvalue weighted by atomic mass is 79.9. The van der Waals surface area contributed by atoms with Crippen molar-refractivity contribution in [1.29, 1.82) is 0 Å². The number of halogens is 2. The fraction of sp³-hybridized carbons (Fsp3) is 0.455. The van der Waals surface area contributed by atoms with Crippen molar-refractivity contribution in [3.05, 3.63) is 34.1 Å². The quantitative estimate of drug-likeness (QED) is 0.905. The van der Waals surface area contributed by atoms with E-state index >= 15 is 0 Å². The van der Waals surface area contributed by atoms with Gasteiger partial charge in [0, 0.05) is 39.9 Å². The molecule has 0 aliphatic rings. The molecule has 1 aromatic rings. The molecule has 90 valence electrons. The van der Waals surface area contributed by atoms with E-state index in [1.54, 1.807) is 12.3 Å². The summed E-state index contributed by atoms with van der Waals surface area (Å²) in [5.41, 5.74) is 0.870. The summed E-state index contributed by atoms with van der Waals surface area (Å²) in [5, 5.41) is 3.27. The lowest BCUT2D eigenvalue weighted by molar-refractivity contribution is 0.616. The van der Waals surface area contributed by atoms with Crippen LogP contribution in [0, 0.1) is 5.82 Å². The smallest absolute Gasteiger partial charge is 0.123 e. The van der Waals surface area contributed by atoms with Crippen molar-refractivity contribution in [2.45, 2.75) is 18.7 Å². The van der Waals surface area contributed by atoms with Gasteiger partial charge in [-0.15, -0.1) is 0 Å². The second kappa shape index (κ2) is 6.47.